The summed E-state index contributed by atoms with van der Waals surface area (Å²) in [6.07, 6.45) is 5.48. The van der Waals surface area contributed by atoms with E-state index >= 15 is 0 Å². The summed E-state index contributed by atoms with van der Waals surface area (Å²) >= 11 is 0. The monoisotopic (exact) mass is 348 g/mol. The van der Waals surface area contributed by atoms with Crippen molar-refractivity contribution in [2.75, 3.05) is 0 Å². The molecule has 1 amide bonds. The number of hydrogen-bond acceptors (Lipinski definition) is 3. The second kappa shape index (κ2) is 8.43. The van der Waals surface area contributed by atoms with Crippen LogP contribution >= 0.6 is 0 Å². The van der Waals surface area contributed by atoms with Gasteiger partial charge in [-0.25, -0.2) is 9.67 Å². The van der Waals surface area contributed by atoms with Gasteiger partial charge in [-0.3, -0.25) is 4.79 Å². The van der Waals surface area contributed by atoms with Crippen molar-refractivity contribution in [2.45, 2.75) is 39.2 Å². The van der Waals surface area contributed by atoms with E-state index in [0.29, 0.717) is 6.42 Å². The van der Waals surface area contributed by atoms with Crippen LogP contribution in [0.25, 0.3) is 5.69 Å². The largest absolute Gasteiger partial charge is 0.350 e. The molecule has 0 saturated carbocycles. The third-order valence-electron chi connectivity index (χ3n) is 4.44. The highest BCUT2D eigenvalue weighted by Gasteiger charge is 2.10. The topological polar surface area (TPSA) is 59.8 Å². The lowest BCUT2D eigenvalue weighted by molar-refractivity contribution is -0.121. The maximum atomic E-state index is 12.2. The van der Waals surface area contributed by atoms with Crippen LogP contribution in [0.4, 0.5) is 0 Å². The Kier molecular flexibility index (Phi) is 5.79. The van der Waals surface area contributed by atoms with E-state index in [-0.39, 0.29) is 11.9 Å². The summed E-state index contributed by atoms with van der Waals surface area (Å²) in [5, 5.41) is 7.18. The van der Waals surface area contributed by atoms with Crippen LogP contribution in [0.2, 0.25) is 0 Å². The third kappa shape index (κ3) is 4.79. The first-order valence-electron chi connectivity index (χ1n) is 8.92. The van der Waals surface area contributed by atoms with E-state index < -0.39 is 0 Å². The smallest absolute Gasteiger partial charge is 0.220 e. The van der Waals surface area contributed by atoms with Crippen LogP contribution < -0.4 is 5.32 Å². The molecule has 1 unspecified atom stereocenters. The second-order valence-electron chi connectivity index (χ2n) is 6.56. The van der Waals surface area contributed by atoms with Gasteiger partial charge in [0.25, 0.3) is 0 Å². The number of rotatable bonds is 7. The lowest BCUT2D eigenvalue weighted by Crippen LogP contribution is -2.26. The standard InChI is InChI=1S/C21H24N4O/c1-16-6-8-18(9-7-16)4-3-5-21(26)24-17(2)19-10-12-20(13-11-19)25-15-22-14-23-25/h6-15,17H,3-5H2,1-2H3,(H,24,26). The van der Waals surface area contributed by atoms with Crippen molar-refractivity contribution in [3.8, 4) is 5.69 Å². The first-order valence-corrected chi connectivity index (χ1v) is 8.92. The highest BCUT2D eigenvalue weighted by Crippen LogP contribution is 2.15. The third-order valence-corrected chi connectivity index (χ3v) is 4.44. The average Bonchev–Trinajstić information content (AvgIpc) is 3.18. The summed E-state index contributed by atoms with van der Waals surface area (Å²) in [5.41, 5.74) is 4.55. The number of benzene rings is 2. The maximum Gasteiger partial charge on any atom is 0.220 e. The average molecular weight is 348 g/mol. The van der Waals surface area contributed by atoms with Crippen molar-refractivity contribution < 1.29 is 4.79 Å². The lowest BCUT2D eigenvalue weighted by atomic mass is 10.1. The fraction of sp³-hybridized carbons (Fsp3) is 0.286. The van der Waals surface area contributed by atoms with E-state index in [1.165, 1.54) is 17.5 Å². The first-order chi connectivity index (χ1) is 12.6. The van der Waals surface area contributed by atoms with Gasteiger partial charge in [0.15, 0.2) is 0 Å². The van der Waals surface area contributed by atoms with E-state index in [2.05, 4.69) is 46.6 Å². The van der Waals surface area contributed by atoms with E-state index in [1.807, 2.05) is 31.2 Å². The number of nitrogens with one attached hydrogen (secondary N) is 1. The molecule has 1 heterocycles. The van der Waals surface area contributed by atoms with Crippen molar-refractivity contribution >= 4 is 5.91 Å². The Hall–Kier alpha value is -2.95. The molecule has 134 valence electrons. The molecule has 5 nitrogen and oxygen atoms in total. The van der Waals surface area contributed by atoms with Crippen LogP contribution in [0.1, 0.15) is 42.5 Å². The SMILES string of the molecule is Cc1ccc(CCCC(=O)NC(C)c2ccc(-n3cncn3)cc2)cc1. The van der Waals surface area contributed by atoms with E-state index in [9.17, 15) is 4.79 Å². The zero-order valence-electron chi connectivity index (χ0n) is 15.2. The van der Waals surface area contributed by atoms with Crippen LogP contribution in [-0.2, 0) is 11.2 Å². The summed E-state index contributed by atoms with van der Waals surface area (Å²) in [4.78, 5) is 16.1. The molecule has 0 fully saturated rings. The quantitative estimate of drug-likeness (QED) is 0.707. The van der Waals surface area contributed by atoms with Gasteiger partial charge in [-0.2, -0.15) is 5.10 Å². The molecule has 3 aromatic rings. The van der Waals surface area contributed by atoms with Crippen molar-refractivity contribution in [3.05, 3.63) is 77.9 Å². The minimum atomic E-state index is -0.0216. The molecule has 0 aliphatic rings. The summed E-state index contributed by atoms with van der Waals surface area (Å²) in [6, 6.07) is 16.4. The first kappa shape index (κ1) is 17.9. The summed E-state index contributed by atoms with van der Waals surface area (Å²) < 4.78 is 1.71. The van der Waals surface area contributed by atoms with Gasteiger partial charge in [-0.05, 0) is 49.9 Å². The Labute approximate surface area is 154 Å². The molecule has 26 heavy (non-hydrogen) atoms. The number of hydrogen-bond donors (Lipinski definition) is 1. The van der Waals surface area contributed by atoms with Gasteiger partial charge in [0.1, 0.15) is 12.7 Å². The van der Waals surface area contributed by atoms with Gasteiger partial charge in [0, 0.05) is 6.42 Å². The second-order valence-corrected chi connectivity index (χ2v) is 6.56. The fourth-order valence-electron chi connectivity index (χ4n) is 2.86. The van der Waals surface area contributed by atoms with Crippen LogP contribution in [-0.4, -0.2) is 20.7 Å². The predicted molar refractivity (Wildman–Crippen MR) is 102 cm³/mol. The van der Waals surface area contributed by atoms with E-state index in [4.69, 9.17) is 0 Å². The Bertz CT molecular complexity index is 823. The molecular formula is C21H24N4O. The molecule has 3 rings (SSSR count). The molecule has 0 radical (unpaired) electrons. The number of aryl methyl sites for hydroxylation is 2. The molecular weight excluding hydrogens is 324 g/mol. The normalized spacial score (nSPS) is 11.9. The van der Waals surface area contributed by atoms with Crippen molar-refractivity contribution in [1.82, 2.24) is 20.1 Å². The fourth-order valence-corrected chi connectivity index (χ4v) is 2.86. The van der Waals surface area contributed by atoms with Gasteiger partial charge in [-0.15, -0.1) is 0 Å². The molecule has 0 saturated heterocycles. The molecule has 1 atom stereocenters. The zero-order valence-corrected chi connectivity index (χ0v) is 15.2. The van der Waals surface area contributed by atoms with Crippen LogP contribution in [0.3, 0.4) is 0 Å². The minimum Gasteiger partial charge on any atom is -0.350 e. The van der Waals surface area contributed by atoms with E-state index in [0.717, 1.165) is 24.1 Å². The molecule has 1 aromatic heterocycles. The zero-order chi connectivity index (χ0) is 18.4. The predicted octanol–water partition coefficient (Wildman–Crippen LogP) is 3.78. The van der Waals surface area contributed by atoms with Crippen LogP contribution in [0.5, 0.6) is 0 Å². The highest BCUT2D eigenvalue weighted by molar-refractivity contribution is 5.76. The Morgan fingerprint density at radius 1 is 1.12 bits per heavy atom. The summed E-state index contributed by atoms with van der Waals surface area (Å²) in [6.45, 7) is 4.08. The summed E-state index contributed by atoms with van der Waals surface area (Å²) in [5.74, 6) is 0.0879. The number of carbonyl (C=O) groups excluding carboxylic acids is 1. The van der Waals surface area contributed by atoms with Gasteiger partial charge >= 0.3 is 0 Å². The van der Waals surface area contributed by atoms with Crippen molar-refractivity contribution in [1.29, 1.82) is 0 Å². The molecule has 0 spiro atoms. The van der Waals surface area contributed by atoms with Gasteiger partial charge < -0.3 is 5.32 Å². The molecule has 0 bridgehead atoms. The number of carbonyl (C=O) groups is 1. The van der Waals surface area contributed by atoms with Crippen molar-refractivity contribution in [2.24, 2.45) is 0 Å². The molecule has 5 heteroatoms. The van der Waals surface area contributed by atoms with Crippen LogP contribution in [0.15, 0.2) is 61.2 Å². The minimum absolute atomic E-state index is 0.0216. The number of aromatic nitrogens is 3. The lowest BCUT2D eigenvalue weighted by Gasteiger charge is -2.15. The Morgan fingerprint density at radius 3 is 2.50 bits per heavy atom. The van der Waals surface area contributed by atoms with Gasteiger partial charge in [0.05, 0.1) is 11.7 Å². The number of amides is 1. The van der Waals surface area contributed by atoms with Crippen LogP contribution in [0, 0.1) is 6.92 Å². The number of nitrogens with zero attached hydrogens (tertiary/aromatic N) is 3. The van der Waals surface area contributed by atoms with Gasteiger partial charge in [0.2, 0.25) is 5.91 Å². The maximum absolute atomic E-state index is 12.2. The van der Waals surface area contributed by atoms with Crippen molar-refractivity contribution in [3.63, 3.8) is 0 Å². The van der Waals surface area contributed by atoms with Gasteiger partial charge in [-0.1, -0.05) is 42.0 Å². The summed E-state index contributed by atoms with van der Waals surface area (Å²) in [7, 11) is 0. The molecule has 1 N–H and O–H groups in total. The molecule has 0 aliphatic carbocycles. The highest BCUT2D eigenvalue weighted by atomic mass is 16.1. The Balaban J connectivity index is 1.47. The Morgan fingerprint density at radius 2 is 1.85 bits per heavy atom. The van der Waals surface area contributed by atoms with E-state index in [1.54, 1.807) is 11.0 Å². The molecule has 2 aromatic carbocycles. The molecule has 0 aliphatic heterocycles.